The summed E-state index contributed by atoms with van der Waals surface area (Å²) >= 11 is 0. The third kappa shape index (κ3) is 1.45. The van der Waals surface area contributed by atoms with Crippen LogP contribution in [0.3, 0.4) is 0 Å². The summed E-state index contributed by atoms with van der Waals surface area (Å²) in [4.78, 5) is 3.94. The Bertz CT molecular complexity index is 531. The summed E-state index contributed by atoms with van der Waals surface area (Å²) in [5.74, 6) is -1.60. The van der Waals surface area contributed by atoms with Gasteiger partial charge in [0.25, 0.3) is 0 Å². The highest BCUT2D eigenvalue weighted by Crippen LogP contribution is 2.55. The zero-order valence-electron chi connectivity index (χ0n) is 8.15. The van der Waals surface area contributed by atoms with Crippen molar-refractivity contribution in [2.24, 2.45) is 5.92 Å². The Morgan fingerprint density at radius 2 is 2.12 bits per heavy atom. The lowest BCUT2D eigenvalue weighted by Crippen LogP contribution is -2.11. The Labute approximate surface area is 88.9 Å². The third-order valence-electron chi connectivity index (χ3n) is 2.94. The van der Waals surface area contributed by atoms with Crippen LogP contribution in [0, 0.1) is 5.92 Å². The van der Waals surface area contributed by atoms with Crippen molar-refractivity contribution in [3.8, 4) is 0 Å². The Hall–Kier alpha value is -1.59. The van der Waals surface area contributed by atoms with Crippen molar-refractivity contribution in [2.45, 2.75) is 18.5 Å². The maximum Gasteiger partial charge on any atom is 0.392 e. The normalized spacial score (nSPS) is 24.9. The van der Waals surface area contributed by atoms with Gasteiger partial charge in [0.05, 0.1) is 5.92 Å². The van der Waals surface area contributed by atoms with E-state index in [9.17, 15) is 13.2 Å². The SMILES string of the molecule is FC(F)(F)C1CC1c1ccc2ncnn2c1. The number of hydrogen-bond donors (Lipinski definition) is 0. The van der Waals surface area contributed by atoms with Crippen LogP contribution in [0.2, 0.25) is 0 Å². The zero-order valence-corrected chi connectivity index (χ0v) is 8.15. The van der Waals surface area contributed by atoms with Crippen LogP contribution in [0.25, 0.3) is 5.65 Å². The van der Waals surface area contributed by atoms with Crippen molar-refractivity contribution in [1.29, 1.82) is 0 Å². The van der Waals surface area contributed by atoms with Gasteiger partial charge < -0.3 is 0 Å². The van der Waals surface area contributed by atoms with Crippen molar-refractivity contribution in [3.05, 3.63) is 30.2 Å². The van der Waals surface area contributed by atoms with Gasteiger partial charge in [0.15, 0.2) is 5.65 Å². The van der Waals surface area contributed by atoms with Gasteiger partial charge in [-0.25, -0.2) is 9.50 Å². The van der Waals surface area contributed by atoms with Gasteiger partial charge in [-0.15, -0.1) is 0 Å². The second-order valence-electron chi connectivity index (χ2n) is 4.02. The summed E-state index contributed by atoms with van der Waals surface area (Å²) in [5.41, 5.74) is 1.33. The van der Waals surface area contributed by atoms with Crippen molar-refractivity contribution in [2.75, 3.05) is 0 Å². The van der Waals surface area contributed by atoms with E-state index in [4.69, 9.17) is 0 Å². The molecular weight excluding hydrogens is 219 g/mol. The monoisotopic (exact) mass is 227 g/mol. The van der Waals surface area contributed by atoms with Crippen molar-refractivity contribution < 1.29 is 13.2 Å². The molecule has 0 aromatic carbocycles. The number of fused-ring (bicyclic) bond motifs is 1. The molecule has 2 atom stereocenters. The molecule has 6 heteroatoms. The number of alkyl halides is 3. The Kier molecular flexibility index (Phi) is 1.78. The standard InChI is InChI=1S/C10H8F3N3/c11-10(12,13)8-3-7(8)6-1-2-9-14-5-15-16(9)4-6/h1-2,4-5,7-8H,3H2. The molecule has 0 saturated heterocycles. The molecule has 84 valence electrons. The van der Waals surface area contributed by atoms with Crippen molar-refractivity contribution in [3.63, 3.8) is 0 Å². The average molecular weight is 227 g/mol. The molecule has 3 rings (SSSR count). The van der Waals surface area contributed by atoms with Crippen LogP contribution < -0.4 is 0 Å². The van der Waals surface area contributed by atoms with E-state index >= 15 is 0 Å². The summed E-state index contributed by atoms with van der Waals surface area (Å²) in [5, 5.41) is 3.90. The maximum absolute atomic E-state index is 12.4. The minimum absolute atomic E-state index is 0.184. The Morgan fingerprint density at radius 1 is 1.31 bits per heavy atom. The van der Waals surface area contributed by atoms with Gasteiger partial charge in [0.1, 0.15) is 6.33 Å². The molecule has 2 aromatic heterocycles. The predicted molar refractivity (Wildman–Crippen MR) is 49.9 cm³/mol. The lowest BCUT2D eigenvalue weighted by molar-refractivity contribution is -0.148. The molecule has 0 radical (unpaired) electrons. The van der Waals surface area contributed by atoms with Gasteiger partial charge in [-0.2, -0.15) is 18.3 Å². The summed E-state index contributed by atoms with van der Waals surface area (Å²) < 4.78 is 38.7. The van der Waals surface area contributed by atoms with Crippen LogP contribution in [0.15, 0.2) is 24.7 Å². The Balaban J connectivity index is 1.91. The second-order valence-corrected chi connectivity index (χ2v) is 4.02. The first-order valence-electron chi connectivity index (χ1n) is 4.92. The largest absolute Gasteiger partial charge is 0.392 e. The summed E-state index contributed by atoms with van der Waals surface area (Å²) in [6.45, 7) is 0. The van der Waals surface area contributed by atoms with E-state index in [-0.39, 0.29) is 6.42 Å². The van der Waals surface area contributed by atoms with Crippen LogP contribution >= 0.6 is 0 Å². The molecule has 2 aromatic rings. The predicted octanol–water partition coefficient (Wildman–Crippen LogP) is 2.40. The number of rotatable bonds is 1. The molecule has 0 bridgehead atoms. The molecule has 2 heterocycles. The third-order valence-corrected chi connectivity index (χ3v) is 2.94. The molecule has 1 aliphatic carbocycles. The fourth-order valence-corrected chi connectivity index (χ4v) is 1.98. The quantitative estimate of drug-likeness (QED) is 0.748. The van der Waals surface area contributed by atoms with E-state index in [1.807, 2.05) is 0 Å². The molecule has 0 N–H and O–H groups in total. The molecular formula is C10H8F3N3. The van der Waals surface area contributed by atoms with Gasteiger partial charge in [-0.05, 0) is 24.0 Å². The van der Waals surface area contributed by atoms with Gasteiger partial charge in [-0.3, -0.25) is 0 Å². The maximum atomic E-state index is 12.4. The van der Waals surface area contributed by atoms with Crippen LogP contribution in [0.5, 0.6) is 0 Å². The molecule has 1 saturated carbocycles. The van der Waals surface area contributed by atoms with Crippen molar-refractivity contribution >= 4 is 5.65 Å². The fraction of sp³-hybridized carbons (Fsp3) is 0.400. The summed E-state index contributed by atoms with van der Waals surface area (Å²) in [6.07, 6.45) is -0.891. The summed E-state index contributed by atoms with van der Waals surface area (Å²) in [6, 6.07) is 3.38. The number of aromatic nitrogens is 3. The number of nitrogens with zero attached hydrogens (tertiary/aromatic N) is 3. The molecule has 1 aliphatic rings. The van der Waals surface area contributed by atoms with E-state index in [0.717, 1.165) is 0 Å². The van der Waals surface area contributed by atoms with Crippen LogP contribution in [0.1, 0.15) is 17.9 Å². The topological polar surface area (TPSA) is 30.2 Å². The first-order chi connectivity index (χ1) is 7.55. The van der Waals surface area contributed by atoms with Gasteiger partial charge in [-0.1, -0.05) is 6.07 Å². The summed E-state index contributed by atoms with van der Waals surface area (Å²) in [7, 11) is 0. The van der Waals surface area contributed by atoms with Gasteiger partial charge in [0.2, 0.25) is 0 Å². The number of hydrogen-bond acceptors (Lipinski definition) is 2. The Morgan fingerprint density at radius 3 is 2.81 bits per heavy atom. The van der Waals surface area contributed by atoms with E-state index in [1.54, 1.807) is 18.3 Å². The first kappa shape index (κ1) is 9.62. The molecule has 2 unspecified atom stereocenters. The first-order valence-corrected chi connectivity index (χ1v) is 4.92. The highest BCUT2D eigenvalue weighted by Gasteiger charge is 2.56. The minimum Gasteiger partial charge on any atom is -0.221 e. The molecule has 0 aliphatic heterocycles. The van der Waals surface area contributed by atoms with E-state index in [0.29, 0.717) is 11.2 Å². The smallest absolute Gasteiger partial charge is 0.221 e. The fourth-order valence-electron chi connectivity index (χ4n) is 1.98. The molecule has 0 amide bonds. The lowest BCUT2D eigenvalue weighted by atomic mass is 10.1. The van der Waals surface area contributed by atoms with Crippen molar-refractivity contribution in [1.82, 2.24) is 14.6 Å². The number of pyridine rings is 1. The van der Waals surface area contributed by atoms with Crippen LogP contribution in [-0.2, 0) is 0 Å². The van der Waals surface area contributed by atoms with E-state index in [2.05, 4.69) is 10.1 Å². The molecule has 1 fully saturated rings. The lowest BCUT2D eigenvalue weighted by Gasteiger charge is -2.05. The van der Waals surface area contributed by atoms with Gasteiger partial charge >= 0.3 is 6.18 Å². The molecule has 16 heavy (non-hydrogen) atoms. The number of halogens is 3. The minimum atomic E-state index is -4.08. The molecule has 3 nitrogen and oxygen atoms in total. The molecule has 0 spiro atoms. The zero-order chi connectivity index (χ0) is 11.3. The second kappa shape index (κ2) is 2.96. The van der Waals surface area contributed by atoms with E-state index < -0.39 is 18.0 Å². The average Bonchev–Trinajstić information content (AvgIpc) is 2.89. The van der Waals surface area contributed by atoms with Gasteiger partial charge in [0, 0.05) is 6.20 Å². The van der Waals surface area contributed by atoms with Crippen LogP contribution in [0.4, 0.5) is 13.2 Å². The van der Waals surface area contributed by atoms with Crippen LogP contribution in [-0.4, -0.2) is 20.8 Å². The van der Waals surface area contributed by atoms with E-state index in [1.165, 1.54) is 10.8 Å². The highest BCUT2D eigenvalue weighted by molar-refractivity contribution is 5.39. The highest BCUT2D eigenvalue weighted by atomic mass is 19.4.